The Morgan fingerprint density at radius 3 is 2.63 bits per heavy atom. The van der Waals surface area contributed by atoms with Gasteiger partial charge in [0.05, 0.1) is 4.90 Å². The van der Waals surface area contributed by atoms with Crippen molar-refractivity contribution in [1.82, 2.24) is 9.62 Å². The first kappa shape index (κ1) is 14.8. The van der Waals surface area contributed by atoms with Crippen LogP contribution in [0.5, 0.6) is 0 Å². The highest BCUT2D eigenvalue weighted by atomic mass is 35.5. The highest BCUT2D eigenvalue weighted by Crippen LogP contribution is 2.28. The third kappa shape index (κ3) is 2.79. The van der Waals surface area contributed by atoms with E-state index in [1.54, 1.807) is 28.6 Å². The van der Waals surface area contributed by atoms with Gasteiger partial charge in [0.25, 0.3) is 0 Å². The molecule has 2 fully saturated rings. The average Bonchev–Trinajstić information content (AvgIpc) is 2.87. The molecule has 106 valence electrons. The average molecular weight is 303 g/mol. The van der Waals surface area contributed by atoms with Crippen LogP contribution in [0.15, 0.2) is 35.2 Å². The molecule has 1 aromatic carbocycles. The zero-order valence-corrected chi connectivity index (χ0v) is 12.3. The van der Waals surface area contributed by atoms with Gasteiger partial charge >= 0.3 is 0 Å². The molecule has 0 amide bonds. The van der Waals surface area contributed by atoms with Gasteiger partial charge in [-0.05, 0) is 37.4 Å². The van der Waals surface area contributed by atoms with Crippen LogP contribution in [-0.4, -0.2) is 38.4 Å². The summed E-state index contributed by atoms with van der Waals surface area (Å²) >= 11 is 0. The quantitative estimate of drug-likeness (QED) is 0.900. The molecule has 4 nitrogen and oxygen atoms in total. The fourth-order valence-corrected chi connectivity index (χ4v) is 4.51. The van der Waals surface area contributed by atoms with E-state index in [-0.39, 0.29) is 12.4 Å². The van der Waals surface area contributed by atoms with Crippen molar-refractivity contribution < 1.29 is 8.42 Å². The molecule has 2 aliphatic heterocycles. The molecule has 2 aliphatic rings. The molecule has 3 rings (SSSR count). The van der Waals surface area contributed by atoms with Crippen molar-refractivity contribution in [1.29, 1.82) is 0 Å². The zero-order valence-electron chi connectivity index (χ0n) is 10.7. The maximum atomic E-state index is 12.5. The fraction of sp³-hybridized carbons (Fsp3) is 0.538. The third-order valence-corrected chi connectivity index (χ3v) is 5.88. The molecule has 1 aromatic rings. The summed E-state index contributed by atoms with van der Waals surface area (Å²) in [7, 11) is -3.30. The van der Waals surface area contributed by atoms with E-state index < -0.39 is 10.0 Å². The van der Waals surface area contributed by atoms with Crippen molar-refractivity contribution in [2.45, 2.75) is 23.8 Å². The van der Waals surface area contributed by atoms with Crippen LogP contribution in [-0.2, 0) is 10.0 Å². The number of hydrogen-bond donors (Lipinski definition) is 1. The Hall–Kier alpha value is -0.620. The van der Waals surface area contributed by atoms with Gasteiger partial charge in [-0.1, -0.05) is 18.2 Å². The molecule has 2 unspecified atom stereocenters. The highest BCUT2D eigenvalue weighted by Gasteiger charge is 2.37. The molecular formula is C13H19ClN2O2S. The van der Waals surface area contributed by atoms with Crippen LogP contribution in [0, 0.1) is 5.92 Å². The minimum absolute atomic E-state index is 0. The van der Waals surface area contributed by atoms with Gasteiger partial charge in [0.15, 0.2) is 0 Å². The lowest BCUT2D eigenvalue weighted by Gasteiger charge is -2.33. The Morgan fingerprint density at radius 1 is 1.16 bits per heavy atom. The molecule has 2 atom stereocenters. The Bertz CT molecular complexity index is 521. The molecule has 6 heteroatoms. The lowest BCUT2D eigenvalue weighted by Crippen LogP contribution is -2.46. The van der Waals surface area contributed by atoms with Crippen molar-refractivity contribution in [2.24, 2.45) is 5.92 Å². The lowest BCUT2D eigenvalue weighted by molar-refractivity contribution is 0.247. The maximum absolute atomic E-state index is 12.5. The molecule has 0 spiro atoms. The van der Waals surface area contributed by atoms with Gasteiger partial charge in [0.2, 0.25) is 10.0 Å². The van der Waals surface area contributed by atoms with E-state index in [9.17, 15) is 8.42 Å². The van der Waals surface area contributed by atoms with Gasteiger partial charge < -0.3 is 5.32 Å². The van der Waals surface area contributed by atoms with Crippen molar-refractivity contribution >= 4 is 22.4 Å². The van der Waals surface area contributed by atoms with Crippen LogP contribution in [0.1, 0.15) is 12.8 Å². The second-order valence-corrected chi connectivity index (χ2v) is 7.01. The molecular weight excluding hydrogens is 284 g/mol. The van der Waals surface area contributed by atoms with E-state index in [1.807, 2.05) is 6.07 Å². The summed E-state index contributed by atoms with van der Waals surface area (Å²) in [6, 6.07) is 9.26. The predicted octanol–water partition coefficient (Wildman–Crippen LogP) is 1.48. The highest BCUT2D eigenvalue weighted by molar-refractivity contribution is 7.89. The molecule has 19 heavy (non-hydrogen) atoms. The lowest BCUT2D eigenvalue weighted by atomic mass is 9.95. The minimum atomic E-state index is -3.30. The van der Waals surface area contributed by atoms with E-state index in [0.29, 0.717) is 29.9 Å². The molecule has 0 aliphatic carbocycles. The van der Waals surface area contributed by atoms with Gasteiger partial charge in [0, 0.05) is 19.1 Å². The largest absolute Gasteiger partial charge is 0.314 e. The van der Waals surface area contributed by atoms with Crippen LogP contribution in [0.2, 0.25) is 0 Å². The van der Waals surface area contributed by atoms with E-state index in [0.717, 1.165) is 19.4 Å². The van der Waals surface area contributed by atoms with Gasteiger partial charge in [-0.15, -0.1) is 12.4 Å². The Kier molecular flexibility index (Phi) is 4.50. The fourth-order valence-electron chi connectivity index (χ4n) is 2.97. The Balaban J connectivity index is 0.00000133. The van der Waals surface area contributed by atoms with Crippen LogP contribution in [0.4, 0.5) is 0 Å². The first-order chi connectivity index (χ1) is 8.68. The molecule has 0 aromatic heterocycles. The van der Waals surface area contributed by atoms with Crippen molar-refractivity contribution in [3.63, 3.8) is 0 Å². The van der Waals surface area contributed by atoms with Crippen molar-refractivity contribution in [3.8, 4) is 0 Å². The van der Waals surface area contributed by atoms with Gasteiger partial charge in [0.1, 0.15) is 0 Å². The van der Waals surface area contributed by atoms with E-state index in [2.05, 4.69) is 5.32 Å². The van der Waals surface area contributed by atoms with Crippen LogP contribution < -0.4 is 5.32 Å². The Labute approximate surface area is 120 Å². The number of fused-ring (bicyclic) bond motifs is 1. The number of sulfonamides is 1. The third-order valence-electron chi connectivity index (χ3n) is 4.00. The zero-order chi connectivity index (χ0) is 12.6. The molecule has 1 N–H and O–H groups in total. The number of nitrogens with zero attached hydrogens (tertiary/aromatic N) is 1. The number of benzene rings is 1. The maximum Gasteiger partial charge on any atom is 0.243 e. The topological polar surface area (TPSA) is 49.4 Å². The number of piperidine rings is 1. The summed E-state index contributed by atoms with van der Waals surface area (Å²) in [5.74, 6) is 0.484. The molecule has 2 saturated heterocycles. The first-order valence-corrected chi connectivity index (χ1v) is 7.90. The van der Waals surface area contributed by atoms with E-state index in [4.69, 9.17) is 0 Å². The SMILES string of the molecule is Cl.O=S(=O)(c1ccccc1)N1CCC2NCCC2C1. The number of halogens is 1. The second-order valence-electron chi connectivity index (χ2n) is 5.07. The first-order valence-electron chi connectivity index (χ1n) is 6.46. The normalized spacial score (nSPS) is 27.6. The van der Waals surface area contributed by atoms with Crippen LogP contribution >= 0.6 is 12.4 Å². The molecule has 0 bridgehead atoms. The standard InChI is InChI=1S/C13H18N2O2S.ClH/c16-18(17,12-4-2-1-3-5-12)15-9-7-13-11(10-15)6-8-14-13;/h1-5,11,13-14H,6-10H2;1H. The smallest absolute Gasteiger partial charge is 0.243 e. The summed E-state index contributed by atoms with van der Waals surface area (Å²) in [4.78, 5) is 0.411. The molecule has 0 saturated carbocycles. The predicted molar refractivity (Wildman–Crippen MR) is 77.0 cm³/mol. The summed E-state index contributed by atoms with van der Waals surface area (Å²) in [5.41, 5.74) is 0. The molecule has 2 heterocycles. The van der Waals surface area contributed by atoms with Crippen LogP contribution in [0.25, 0.3) is 0 Å². The Morgan fingerprint density at radius 2 is 1.89 bits per heavy atom. The van der Waals surface area contributed by atoms with Crippen molar-refractivity contribution in [2.75, 3.05) is 19.6 Å². The minimum Gasteiger partial charge on any atom is -0.314 e. The second kappa shape index (κ2) is 5.79. The van der Waals surface area contributed by atoms with Gasteiger partial charge in [-0.25, -0.2) is 8.42 Å². The summed E-state index contributed by atoms with van der Waals surface area (Å²) in [5, 5.41) is 3.45. The van der Waals surface area contributed by atoms with Crippen molar-refractivity contribution in [3.05, 3.63) is 30.3 Å². The monoisotopic (exact) mass is 302 g/mol. The van der Waals surface area contributed by atoms with Gasteiger partial charge in [-0.2, -0.15) is 4.31 Å². The molecule has 0 radical (unpaired) electrons. The number of rotatable bonds is 2. The van der Waals surface area contributed by atoms with E-state index in [1.165, 1.54) is 0 Å². The summed E-state index contributed by atoms with van der Waals surface area (Å²) in [6.07, 6.45) is 2.02. The van der Waals surface area contributed by atoms with E-state index >= 15 is 0 Å². The summed E-state index contributed by atoms with van der Waals surface area (Å²) < 4.78 is 26.6. The van der Waals surface area contributed by atoms with Gasteiger partial charge in [-0.3, -0.25) is 0 Å². The van der Waals surface area contributed by atoms with Crippen LogP contribution in [0.3, 0.4) is 0 Å². The number of hydrogen-bond acceptors (Lipinski definition) is 3. The number of nitrogens with one attached hydrogen (secondary N) is 1. The summed E-state index contributed by atoms with van der Waals surface area (Å²) in [6.45, 7) is 2.31.